The van der Waals surface area contributed by atoms with Gasteiger partial charge in [0.2, 0.25) is 0 Å². The Balaban J connectivity index is 2.14. The van der Waals surface area contributed by atoms with Gasteiger partial charge in [0.15, 0.2) is 0 Å². The first-order valence-corrected chi connectivity index (χ1v) is 11.9. The second kappa shape index (κ2) is 7.12. The first-order valence-electron chi connectivity index (χ1n) is 10.0. The minimum atomic E-state index is 0.120. The molecule has 0 saturated heterocycles. The van der Waals surface area contributed by atoms with Crippen LogP contribution in [0.15, 0.2) is 59.1 Å². The number of benzene rings is 3. The van der Waals surface area contributed by atoms with Crippen molar-refractivity contribution in [2.75, 3.05) is 0 Å². The lowest BCUT2D eigenvalue weighted by molar-refractivity contribution is 0.590. The van der Waals surface area contributed by atoms with Crippen molar-refractivity contribution in [2.45, 2.75) is 52.4 Å². The minimum Gasteiger partial charge on any atom is -0.309 e. The first kappa shape index (κ1) is 20.9. The Hall–Kier alpha value is -1.33. The summed E-state index contributed by atoms with van der Waals surface area (Å²) in [7, 11) is 0. The normalized spacial score (nSPS) is 12.8. The van der Waals surface area contributed by atoms with Gasteiger partial charge in [0.05, 0.1) is 11.0 Å². The van der Waals surface area contributed by atoms with E-state index in [4.69, 9.17) is 0 Å². The topological polar surface area (TPSA) is 4.93 Å². The third-order valence-electron chi connectivity index (χ3n) is 5.60. The monoisotopic (exact) mass is 559 g/mol. The van der Waals surface area contributed by atoms with Crippen molar-refractivity contribution in [3.05, 3.63) is 73.8 Å². The van der Waals surface area contributed by atoms with Crippen molar-refractivity contribution < 1.29 is 0 Å². The second-order valence-corrected chi connectivity index (χ2v) is 12.1. The molecule has 4 rings (SSSR count). The highest BCUT2D eigenvalue weighted by molar-refractivity contribution is 14.1. The number of halogens is 2. The third-order valence-corrected chi connectivity index (χ3v) is 6.68. The van der Waals surface area contributed by atoms with E-state index in [0.717, 1.165) is 4.47 Å². The lowest BCUT2D eigenvalue weighted by Gasteiger charge is -2.19. The molecule has 29 heavy (non-hydrogen) atoms. The van der Waals surface area contributed by atoms with Crippen LogP contribution in [0, 0.1) is 3.57 Å². The number of rotatable bonds is 1. The number of nitrogens with zero attached hydrogens (tertiary/aromatic N) is 1. The minimum absolute atomic E-state index is 0.120. The van der Waals surface area contributed by atoms with Crippen LogP contribution in [0.25, 0.3) is 27.5 Å². The van der Waals surface area contributed by atoms with E-state index in [1.165, 1.54) is 42.2 Å². The number of fused-ring (bicyclic) bond motifs is 3. The van der Waals surface area contributed by atoms with Gasteiger partial charge in [-0.1, -0.05) is 69.6 Å². The molecule has 150 valence electrons. The Morgan fingerprint density at radius 3 is 1.59 bits per heavy atom. The zero-order chi connectivity index (χ0) is 21.1. The van der Waals surface area contributed by atoms with Gasteiger partial charge in [-0.3, -0.25) is 0 Å². The molecule has 0 atom stereocenters. The molecule has 1 aromatic heterocycles. The number of hydrogen-bond donors (Lipinski definition) is 0. The van der Waals surface area contributed by atoms with Gasteiger partial charge in [-0.25, -0.2) is 0 Å². The summed E-state index contributed by atoms with van der Waals surface area (Å²) in [5.41, 5.74) is 6.69. The van der Waals surface area contributed by atoms with Crippen molar-refractivity contribution in [3.63, 3.8) is 0 Å². The van der Waals surface area contributed by atoms with E-state index in [-0.39, 0.29) is 10.8 Å². The van der Waals surface area contributed by atoms with E-state index in [1.807, 2.05) is 0 Å². The van der Waals surface area contributed by atoms with Gasteiger partial charge in [-0.2, -0.15) is 0 Å². The first-order chi connectivity index (χ1) is 13.4. The van der Waals surface area contributed by atoms with Crippen LogP contribution in [-0.4, -0.2) is 4.57 Å². The summed E-state index contributed by atoms with van der Waals surface area (Å²) in [5.74, 6) is 0. The van der Waals surface area contributed by atoms with Gasteiger partial charge in [-0.05, 0) is 87.0 Å². The van der Waals surface area contributed by atoms with Gasteiger partial charge in [0.1, 0.15) is 0 Å². The Labute approximate surface area is 195 Å². The molecule has 0 aliphatic carbocycles. The molecule has 0 radical (unpaired) electrons. The van der Waals surface area contributed by atoms with E-state index < -0.39 is 0 Å². The Kier molecular flexibility index (Phi) is 5.14. The third kappa shape index (κ3) is 3.88. The fourth-order valence-corrected chi connectivity index (χ4v) is 5.47. The summed E-state index contributed by atoms with van der Waals surface area (Å²) >= 11 is 6.08. The smallest absolute Gasteiger partial charge is 0.0541 e. The van der Waals surface area contributed by atoms with Crippen LogP contribution in [0.4, 0.5) is 0 Å². The lowest BCUT2D eigenvalue weighted by Crippen LogP contribution is -2.10. The van der Waals surface area contributed by atoms with Crippen molar-refractivity contribution in [1.82, 2.24) is 4.57 Å². The Morgan fingerprint density at radius 2 is 1.17 bits per heavy atom. The maximum Gasteiger partial charge on any atom is 0.0541 e. The van der Waals surface area contributed by atoms with Gasteiger partial charge in [-0.15, -0.1) is 0 Å². The summed E-state index contributed by atoms with van der Waals surface area (Å²) in [6, 6.07) is 20.5. The van der Waals surface area contributed by atoms with Crippen LogP contribution in [0.1, 0.15) is 52.7 Å². The average Bonchev–Trinajstić information content (AvgIpc) is 2.92. The second-order valence-electron chi connectivity index (χ2n) is 9.93. The zero-order valence-corrected chi connectivity index (χ0v) is 21.6. The van der Waals surface area contributed by atoms with E-state index in [0.29, 0.717) is 0 Å². The maximum atomic E-state index is 3.68. The molecular formula is C26H27BrIN. The summed E-state index contributed by atoms with van der Waals surface area (Å²) in [6.07, 6.45) is 0. The molecule has 0 saturated carbocycles. The molecule has 3 heteroatoms. The molecule has 0 fully saturated rings. The molecule has 3 aromatic carbocycles. The maximum absolute atomic E-state index is 3.68. The van der Waals surface area contributed by atoms with Crippen LogP contribution in [0.5, 0.6) is 0 Å². The SMILES string of the molecule is CC(C)(C)c1ccc2c(c1)c1cc(C(C)(C)C)ccc1n2-c1cc(Br)cc(I)c1. The van der Waals surface area contributed by atoms with Crippen LogP contribution in [0.3, 0.4) is 0 Å². The van der Waals surface area contributed by atoms with Gasteiger partial charge < -0.3 is 4.57 Å². The van der Waals surface area contributed by atoms with Crippen molar-refractivity contribution in [1.29, 1.82) is 0 Å². The summed E-state index contributed by atoms with van der Waals surface area (Å²) < 4.78 is 4.72. The summed E-state index contributed by atoms with van der Waals surface area (Å²) in [6.45, 7) is 13.7. The Morgan fingerprint density at radius 1 is 0.690 bits per heavy atom. The molecule has 0 aliphatic rings. The molecular weight excluding hydrogens is 533 g/mol. The fourth-order valence-electron chi connectivity index (χ4n) is 3.90. The fraction of sp³-hybridized carbons (Fsp3) is 0.308. The molecule has 0 spiro atoms. The zero-order valence-electron chi connectivity index (χ0n) is 17.9. The predicted molar refractivity (Wildman–Crippen MR) is 139 cm³/mol. The van der Waals surface area contributed by atoms with Gasteiger partial charge in [0, 0.05) is 24.5 Å². The lowest BCUT2D eigenvalue weighted by atomic mass is 9.85. The molecule has 0 aliphatic heterocycles. The van der Waals surface area contributed by atoms with E-state index >= 15 is 0 Å². The van der Waals surface area contributed by atoms with Crippen molar-refractivity contribution in [3.8, 4) is 5.69 Å². The molecule has 4 aromatic rings. The van der Waals surface area contributed by atoms with Crippen LogP contribution < -0.4 is 0 Å². The average molecular weight is 560 g/mol. The quantitative estimate of drug-likeness (QED) is 0.205. The molecule has 1 nitrogen and oxygen atoms in total. The molecule has 0 bridgehead atoms. The number of hydrogen-bond acceptors (Lipinski definition) is 0. The van der Waals surface area contributed by atoms with Crippen LogP contribution in [-0.2, 0) is 10.8 Å². The largest absolute Gasteiger partial charge is 0.309 e. The molecule has 0 unspecified atom stereocenters. The molecule has 1 heterocycles. The van der Waals surface area contributed by atoms with Crippen LogP contribution >= 0.6 is 38.5 Å². The van der Waals surface area contributed by atoms with Crippen molar-refractivity contribution in [2.24, 2.45) is 0 Å². The summed E-state index contributed by atoms with van der Waals surface area (Å²) in [5, 5.41) is 2.65. The van der Waals surface area contributed by atoms with Gasteiger partial charge >= 0.3 is 0 Å². The van der Waals surface area contributed by atoms with E-state index in [2.05, 4.69) is 139 Å². The van der Waals surface area contributed by atoms with Gasteiger partial charge in [0.25, 0.3) is 0 Å². The van der Waals surface area contributed by atoms with E-state index in [1.54, 1.807) is 0 Å². The molecule has 0 amide bonds. The number of aromatic nitrogens is 1. The highest BCUT2D eigenvalue weighted by Crippen LogP contribution is 2.38. The van der Waals surface area contributed by atoms with E-state index in [9.17, 15) is 0 Å². The predicted octanol–water partition coefficient (Wildman–Crippen LogP) is 8.75. The van der Waals surface area contributed by atoms with Crippen LogP contribution in [0.2, 0.25) is 0 Å². The van der Waals surface area contributed by atoms with Crippen molar-refractivity contribution >= 4 is 60.3 Å². The summed E-state index contributed by atoms with van der Waals surface area (Å²) in [4.78, 5) is 0. The molecule has 0 N–H and O–H groups in total. The highest BCUT2D eigenvalue weighted by Gasteiger charge is 2.20. The Bertz CT molecular complexity index is 1140. The highest BCUT2D eigenvalue weighted by atomic mass is 127. The standard InChI is InChI=1S/C26H27BrIN/c1-25(2,3)16-7-9-23-21(11-16)22-12-17(26(4,5)6)8-10-24(22)29(23)20-14-18(27)13-19(28)15-20/h7-15H,1-6H3.